The standard InChI is InChI=1S/C20H20N2OS/c1-4-10-22-17-9-8-15(3)12-18(17)24-20(22)21-19(23)13-16-7-5-6-14(2)11-16/h4-9,11-12H,1,10,13H2,2-3H3. The first-order valence-corrected chi connectivity index (χ1v) is 8.72. The zero-order chi connectivity index (χ0) is 17.1. The van der Waals surface area contributed by atoms with Gasteiger partial charge in [-0.2, -0.15) is 4.99 Å². The van der Waals surface area contributed by atoms with E-state index in [0.29, 0.717) is 13.0 Å². The van der Waals surface area contributed by atoms with E-state index in [1.165, 1.54) is 5.56 Å². The van der Waals surface area contributed by atoms with Crippen LogP contribution in [0.15, 0.2) is 60.1 Å². The molecule has 0 fully saturated rings. The average Bonchev–Trinajstić information content (AvgIpc) is 2.84. The third-order valence-corrected chi connectivity index (χ3v) is 4.85. The fourth-order valence-electron chi connectivity index (χ4n) is 2.71. The molecule has 122 valence electrons. The Morgan fingerprint density at radius 2 is 2.00 bits per heavy atom. The van der Waals surface area contributed by atoms with Crippen LogP contribution in [0, 0.1) is 13.8 Å². The number of nitrogens with zero attached hydrogens (tertiary/aromatic N) is 2. The molecule has 0 saturated carbocycles. The Morgan fingerprint density at radius 3 is 2.75 bits per heavy atom. The second-order valence-corrected chi connectivity index (χ2v) is 6.94. The third kappa shape index (κ3) is 3.54. The van der Waals surface area contributed by atoms with Gasteiger partial charge in [0.05, 0.1) is 16.6 Å². The van der Waals surface area contributed by atoms with E-state index in [2.05, 4.69) is 36.7 Å². The molecule has 0 radical (unpaired) electrons. The van der Waals surface area contributed by atoms with Gasteiger partial charge in [0.25, 0.3) is 5.91 Å². The van der Waals surface area contributed by atoms with E-state index in [1.807, 2.05) is 41.8 Å². The van der Waals surface area contributed by atoms with Gasteiger partial charge in [-0.15, -0.1) is 6.58 Å². The summed E-state index contributed by atoms with van der Waals surface area (Å²) < 4.78 is 3.18. The van der Waals surface area contributed by atoms with Crippen LogP contribution in [0.1, 0.15) is 16.7 Å². The molecular formula is C20H20N2OS. The van der Waals surface area contributed by atoms with E-state index in [0.717, 1.165) is 26.1 Å². The van der Waals surface area contributed by atoms with Crippen molar-refractivity contribution in [2.75, 3.05) is 0 Å². The molecule has 0 N–H and O–H groups in total. The number of aromatic nitrogens is 1. The topological polar surface area (TPSA) is 34.4 Å². The molecule has 3 aromatic rings. The van der Waals surface area contributed by atoms with Gasteiger partial charge in [0, 0.05) is 6.54 Å². The largest absolute Gasteiger partial charge is 0.313 e. The minimum Gasteiger partial charge on any atom is -0.313 e. The van der Waals surface area contributed by atoms with E-state index in [9.17, 15) is 4.79 Å². The molecule has 2 aromatic carbocycles. The number of carbonyl (C=O) groups excluding carboxylic acids is 1. The number of rotatable bonds is 4. The minimum atomic E-state index is -0.123. The van der Waals surface area contributed by atoms with Crippen molar-refractivity contribution in [3.05, 3.63) is 76.6 Å². The van der Waals surface area contributed by atoms with Crippen LogP contribution in [0.25, 0.3) is 10.2 Å². The van der Waals surface area contributed by atoms with Gasteiger partial charge in [-0.1, -0.05) is 53.3 Å². The summed E-state index contributed by atoms with van der Waals surface area (Å²) in [6.07, 6.45) is 2.15. The Bertz CT molecular complexity index is 979. The summed E-state index contributed by atoms with van der Waals surface area (Å²) >= 11 is 1.55. The van der Waals surface area contributed by atoms with Crippen molar-refractivity contribution >= 4 is 27.5 Å². The molecule has 1 aromatic heterocycles. The predicted molar refractivity (Wildman–Crippen MR) is 100 cm³/mol. The van der Waals surface area contributed by atoms with Gasteiger partial charge < -0.3 is 4.57 Å². The monoisotopic (exact) mass is 336 g/mol. The van der Waals surface area contributed by atoms with Crippen molar-refractivity contribution in [1.82, 2.24) is 4.57 Å². The quantitative estimate of drug-likeness (QED) is 0.658. The second-order valence-electron chi connectivity index (χ2n) is 5.93. The molecule has 24 heavy (non-hydrogen) atoms. The smallest absolute Gasteiger partial charge is 0.252 e. The first-order valence-electron chi connectivity index (χ1n) is 7.91. The lowest BCUT2D eigenvalue weighted by Gasteiger charge is -2.01. The van der Waals surface area contributed by atoms with Crippen LogP contribution in [0.2, 0.25) is 0 Å². The number of fused-ring (bicyclic) bond motifs is 1. The van der Waals surface area contributed by atoms with Gasteiger partial charge in [0.15, 0.2) is 4.80 Å². The van der Waals surface area contributed by atoms with E-state index in [-0.39, 0.29) is 5.91 Å². The van der Waals surface area contributed by atoms with Gasteiger partial charge in [-0.05, 0) is 37.1 Å². The second kappa shape index (κ2) is 6.97. The van der Waals surface area contributed by atoms with Crippen molar-refractivity contribution in [2.24, 2.45) is 4.99 Å². The lowest BCUT2D eigenvalue weighted by molar-refractivity contribution is -0.117. The molecule has 3 rings (SSSR count). The lowest BCUT2D eigenvalue weighted by Crippen LogP contribution is -2.16. The van der Waals surface area contributed by atoms with Crippen molar-refractivity contribution in [3.8, 4) is 0 Å². The van der Waals surface area contributed by atoms with Crippen LogP contribution in [0.3, 0.4) is 0 Å². The molecule has 0 atom stereocenters. The average molecular weight is 336 g/mol. The Morgan fingerprint density at radius 1 is 1.21 bits per heavy atom. The molecule has 0 bridgehead atoms. The van der Waals surface area contributed by atoms with Gasteiger partial charge >= 0.3 is 0 Å². The fraction of sp³-hybridized carbons (Fsp3) is 0.200. The maximum atomic E-state index is 12.4. The van der Waals surface area contributed by atoms with Crippen molar-refractivity contribution in [3.63, 3.8) is 0 Å². The number of thiazole rings is 1. The summed E-state index contributed by atoms with van der Waals surface area (Å²) in [7, 11) is 0. The predicted octanol–water partition coefficient (Wildman–Crippen LogP) is 4.18. The molecule has 1 heterocycles. The van der Waals surface area contributed by atoms with Crippen LogP contribution in [0.5, 0.6) is 0 Å². The van der Waals surface area contributed by atoms with Crippen LogP contribution in [0.4, 0.5) is 0 Å². The highest BCUT2D eigenvalue weighted by Crippen LogP contribution is 2.19. The summed E-state index contributed by atoms with van der Waals surface area (Å²) in [6, 6.07) is 14.3. The highest BCUT2D eigenvalue weighted by molar-refractivity contribution is 7.16. The van der Waals surface area contributed by atoms with Crippen molar-refractivity contribution in [2.45, 2.75) is 26.8 Å². The number of amides is 1. The molecule has 0 aliphatic heterocycles. The van der Waals surface area contributed by atoms with Gasteiger partial charge in [0.2, 0.25) is 0 Å². The molecule has 0 unspecified atom stereocenters. The van der Waals surface area contributed by atoms with Gasteiger partial charge in [-0.25, -0.2) is 0 Å². The van der Waals surface area contributed by atoms with Crippen LogP contribution in [-0.2, 0) is 17.8 Å². The highest BCUT2D eigenvalue weighted by atomic mass is 32.1. The third-order valence-electron chi connectivity index (χ3n) is 3.81. The Kier molecular flexibility index (Phi) is 4.76. The van der Waals surface area contributed by atoms with E-state index in [1.54, 1.807) is 11.3 Å². The van der Waals surface area contributed by atoms with Crippen LogP contribution < -0.4 is 4.80 Å². The first kappa shape index (κ1) is 16.4. The molecule has 0 saturated heterocycles. The molecular weight excluding hydrogens is 316 g/mol. The minimum absolute atomic E-state index is 0.123. The van der Waals surface area contributed by atoms with Crippen molar-refractivity contribution in [1.29, 1.82) is 0 Å². The number of carbonyl (C=O) groups is 1. The molecule has 0 aliphatic rings. The van der Waals surface area contributed by atoms with Crippen molar-refractivity contribution < 1.29 is 4.79 Å². The number of benzene rings is 2. The summed E-state index contributed by atoms with van der Waals surface area (Å²) in [5, 5.41) is 0. The maximum absolute atomic E-state index is 12.4. The van der Waals surface area contributed by atoms with Crippen LogP contribution >= 0.6 is 11.3 Å². The SMILES string of the molecule is C=CCn1c(=NC(=O)Cc2cccc(C)c2)sc2cc(C)ccc21. The molecule has 4 heteroatoms. The zero-order valence-corrected chi connectivity index (χ0v) is 14.8. The number of allylic oxidation sites excluding steroid dienone is 1. The Labute approximate surface area is 145 Å². The number of hydrogen-bond acceptors (Lipinski definition) is 2. The normalized spacial score (nSPS) is 11.8. The highest BCUT2D eigenvalue weighted by Gasteiger charge is 2.08. The molecule has 0 spiro atoms. The summed E-state index contributed by atoms with van der Waals surface area (Å²) in [6.45, 7) is 8.54. The first-order chi connectivity index (χ1) is 11.6. The summed E-state index contributed by atoms with van der Waals surface area (Å²) in [4.78, 5) is 17.5. The van der Waals surface area contributed by atoms with Gasteiger partial charge in [-0.3, -0.25) is 4.79 Å². The zero-order valence-electron chi connectivity index (χ0n) is 14.0. The number of aryl methyl sites for hydroxylation is 2. The van der Waals surface area contributed by atoms with Gasteiger partial charge in [0.1, 0.15) is 0 Å². The molecule has 3 nitrogen and oxygen atoms in total. The summed E-state index contributed by atoms with van der Waals surface area (Å²) in [5.74, 6) is -0.123. The van der Waals surface area contributed by atoms with E-state index in [4.69, 9.17) is 0 Å². The Balaban J connectivity index is 2.00. The van der Waals surface area contributed by atoms with E-state index < -0.39 is 0 Å². The lowest BCUT2D eigenvalue weighted by atomic mass is 10.1. The fourth-order valence-corrected chi connectivity index (χ4v) is 3.87. The van der Waals surface area contributed by atoms with E-state index >= 15 is 0 Å². The summed E-state index contributed by atoms with van der Waals surface area (Å²) in [5.41, 5.74) is 4.44. The Hall–Kier alpha value is -2.46. The molecule has 1 amide bonds. The number of hydrogen-bond donors (Lipinski definition) is 0. The molecule has 0 aliphatic carbocycles. The maximum Gasteiger partial charge on any atom is 0.252 e. The van der Waals surface area contributed by atoms with Crippen LogP contribution in [-0.4, -0.2) is 10.5 Å².